The van der Waals surface area contributed by atoms with Gasteiger partial charge in [-0.15, -0.1) is 0 Å². The summed E-state index contributed by atoms with van der Waals surface area (Å²) in [7, 11) is 0. The van der Waals surface area contributed by atoms with Crippen LogP contribution in [-0.2, 0) is 0 Å². The Labute approximate surface area is 87.9 Å². The molecule has 0 bridgehead atoms. The van der Waals surface area contributed by atoms with E-state index in [9.17, 15) is 0 Å². The minimum atomic E-state index is 0.387. The summed E-state index contributed by atoms with van der Waals surface area (Å²) in [5.41, 5.74) is 5.56. The van der Waals surface area contributed by atoms with E-state index in [4.69, 9.17) is 17.3 Å². The molecule has 1 fully saturated rings. The molecule has 2 rings (SSSR count). The molecule has 3 N–H and O–H groups in total. The van der Waals surface area contributed by atoms with Gasteiger partial charge in [0.15, 0.2) is 0 Å². The van der Waals surface area contributed by atoms with Crippen LogP contribution in [0.5, 0.6) is 0 Å². The van der Waals surface area contributed by atoms with Gasteiger partial charge < -0.3 is 11.1 Å². The number of hydrogen-bond acceptors (Lipinski definition) is 4. The van der Waals surface area contributed by atoms with Crippen molar-refractivity contribution < 1.29 is 0 Å². The number of nitrogens with two attached hydrogens (primary N) is 1. The Kier molecular flexibility index (Phi) is 2.72. The van der Waals surface area contributed by atoms with Crippen LogP contribution in [0.15, 0.2) is 6.07 Å². The molecule has 0 aliphatic heterocycles. The predicted octanol–water partition coefficient (Wildman–Crippen LogP) is 2.07. The summed E-state index contributed by atoms with van der Waals surface area (Å²) in [6.45, 7) is 0. The molecule has 1 saturated carbocycles. The molecule has 1 aromatic heterocycles. The van der Waals surface area contributed by atoms with Crippen molar-refractivity contribution in [1.29, 1.82) is 0 Å². The molecule has 0 aromatic carbocycles. The van der Waals surface area contributed by atoms with Gasteiger partial charge in [-0.25, -0.2) is 4.98 Å². The minimum absolute atomic E-state index is 0.387. The van der Waals surface area contributed by atoms with Crippen LogP contribution in [0.4, 0.5) is 11.8 Å². The van der Waals surface area contributed by atoms with Crippen molar-refractivity contribution in [2.75, 3.05) is 11.1 Å². The second-order valence-corrected chi connectivity index (χ2v) is 3.95. The quantitative estimate of drug-likeness (QED) is 0.737. The number of nitrogens with one attached hydrogen (secondary N) is 1. The number of nitrogen functional groups attached to an aromatic ring is 1. The smallest absolute Gasteiger partial charge is 0.226 e. The maximum atomic E-state index is 5.76. The third-order valence-corrected chi connectivity index (χ3v) is 2.60. The Hall–Kier alpha value is -1.03. The molecule has 0 spiro atoms. The highest BCUT2D eigenvalue weighted by atomic mass is 35.5. The predicted molar refractivity (Wildman–Crippen MR) is 57.3 cm³/mol. The van der Waals surface area contributed by atoms with Gasteiger partial charge in [-0.2, -0.15) is 4.98 Å². The molecular formula is C9H13ClN4. The third-order valence-electron chi connectivity index (χ3n) is 2.40. The van der Waals surface area contributed by atoms with Gasteiger partial charge in [-0.1, -0.05) is 24.4 Å². The molecule has 14 heavy (non-hydrogen) atoms. The largest absolute Gasteiger partial charge is 0.383 e. The molecule has 4 nitrogen and oxygen atoms in total. The van der Waals surface area contributed by atoms with Crippen molar-refractivity contribution in [2.24, 2.45) is 0 Å². The summed E-state index contributed by atoms with van der Waals surface area (Å²) in [6, 6.07) is 2.02. The SMILES string of the molecule is Nc1cc(Cl)nc(NC2CCCC2)n1. The van der Waals surface area contributed by atoms with Gasteiger partial charge in [0.25, 0.3) is 0 Å². The third kappa shape index (κ3) is 2.26. The van der Waals surface area contributed by atoms with Crippen molar-refractivity contribution in [1.82, 2.24) is 9.97 Å². The molecule has 0 saturated heterocycles. The Morgan fingerprint density at radius 2 is 2.07 bits per heavy atom. The van der Waals surface area contributed by atoms with Crippen LogP contribution in [0, 0.1) is 0 Å². The monoisotopic (exact) mass is 212 g/mol. The molecule has 0 radical (unpaired) electrons. The van der Waals surface area contributed by atoms with E-state index in [-0.39, 0.29) is 0 Å². The number of aromatic nitrogens is 2. The fraction of sp³-hybridized carbons (Fsp3) is 0.556. The minimum Gasteiger partial charge on any atom is -0.383 e. The summed E-state index contributed by atoms with van der Waals surface area (Å²) in [5.74, 6) is 0.951. The Morgan fingerprint density at radius 1 is 1.36 bits per heavy atom. The maximum Gasteiger partial charge on any atom is 0.226 e. The molecule has 0 atom stereocenters. The average Bonchev–Trinajstić information content (AvgIpc) is 2.54. The Morgan fingerprint density at radius 3 is 2.71 bits per heavy atom. The van der Waals surface area contributed by atoms with Crippen LogP contribution in [-0.4, -0.2) is 16.0 Å². The van der Waals surface area contributed by atoms with E-state index >= 15 is 0 Å². The van der Waals surface area contributed by atoms with Crippen LogP contribution in [0.3, 0.4) is 0 Å². The molecule has 1 heterocycles. The molecule has 76 valence electrons. The highest BCUT2D eigenvalue weighted by Crippen LogP contribution is 2.21. The zero-order valence-electron chi connectivity index (χ0n) is 7.83. The fourth-order valence-corrected chi connectivity index (χ4v) is 1.94. The highest BCUT2D eigenvalue weighted by molar-refractivity contribution is 6.29. The first-order chi connectivity index (χ1) is 6.74. The molecular weight excluding hydrogens is 200 g/mol. The van der Waals surface area contributed by atoms with Crippen LogP contribution >= 0.6 is 11.6 Å². The molecule has 0 unspecified atom stereocenters. The van der Waals surface area contributed by atoms with Crippen molar-refractivity contribution in [3.63, 3.8) is 0 Å². The summed E-state index contributed by atoms with van der Waals surface area (Å²) in [4.78, 5) is 8.13. The lowest BCUT2D eigenvalue weighted by Gasteiger charge is -2.11. The van der Waals surface area contributed by atoms with Gasteiger partial charge in [0.2, 0.25) is 5.95 Å². The van der Waals surface area contributed by atoms with E-state index < -0.39 is 0 Å². The fourth-order valence-electron chi connectivity index (χ4n) is 1.75. The van der Waals surface area contributed by atoms with E-state index in [1.54, 1.807) is 6.07 Å². The Balaban J connectivity index is 2.07. The van der Waals surface area contributed by atoms with Gasteiger partial charge in [-0.3, -0.25) is 0 Å². The number of halogens is 1. The molecule has 1 aliphatic rings. The van der Waals surface area contributed by atoms with Crippen LogP contribution in [0.2, 0.25) is 5.15 Å². The van der Waals surface area contributed by atoms with Gasteiger partial charge in [0.1, 0.15) is 11.0 Å². The molecule has 1 aliphatic carbocycles. The molecule has 0 amide bonds. The summed E-state index contributed by atoms with van der Waals surface area (Å²) < 4.78 is 0. The number of hydrogen-bond donors (Lipinski definition) is 2. The van der Waals surface area contributed by atoms with Gasteiger partial charge in [0, 0.05) is 12.1 Å². The van der Waals surface area contributed by atoms with Gasteiger partial charge in [-0.05, 0) is 12.8 Å². The average molecular weight is 213 g/mol. The Bertz CT molecular complexity index is 302. The van der Waals surface area contributed by atoms with E-state index in [1.165, 1.54) is 25.7 Å². The lowest BCUT2D eigenvalue weighted by molar-refractivity contribution is 0.744. The second-order valence-electron chi connectivity index (χ2n) is 3.56. The first-order valence-corrected chi connectivity index (χ1v) is 5.18. The lowest BCUT2D eigenvalue weighted by atomic mass is 10.2. The second kappa shape index (κ2) is 4.00. The molecule has 5 heteroatoms. The van der Waals surface area contributed by atoms with Crippen molar-refractivity contribution in [3.8, 4) is 0 Å². The van der Waals surface area contributed by atoms with Crippen molar-refractivity contribution in [3.05, 3.63) is 11.2 Å². The van der Waals surface area contributed by atoms with Crippen molar-refractivity contribution >= 4 is 23.4 Å². The number of anilines is 2. The van der Waals surface area contributed by atoms with Gasteiger partial charge in [0.05, 0.1) is 0 Å². The zero-order chi connectivity index (χ0) is 9.97. The highest BCUT2D eigenvalue weighted by Gasteiger charge is 2.15. The van der Waals surface area contributed by atoms with E-state index in [0.717, 1.165) is 0 Å². The van der Waals surface area contributed by atoms with Gasteiger partial charge >= 0.3 is 0 Å². The van der Waals surface area contributed by atoms with Crippen LogP contribution in [0.25, 0.3) is 0 Å². The molecule has 1 aromatic rings. The first kappa shape index (κ1) is 9.52. The topological polar surface area (TPSA) is 63.8 Å². The number of nitrogens with zero attached hydrogens (tertiary/aromatic N) is 2. The van der Waals surface area contributed by atoms with Crippen molar-refractivity contribution in [2.45, 2.75) is 31.7 Å². The van der Waals surface area contributed by atoms with E-state index in [1.807, 2.05) is 0 Å². The summed E-state index contributed by atoms with van der Waals surface area (Å²) in [5, 5.41) is 3.62. The normalized spacial score (nSPS) is 17.2. The van der Waals surface area contributed by atoms with E-state index in [2.05, 4.69) is 15.3 Å². The summed E-state index contributed by atoms with van der Waals surface area (Å²) in [6.07, 6.45) is 4.90. The zero-order valence-corrected chi connectivity index (χ0v) is 8.59. The standard InChI is InChI=1S/C9H13ClN4/c10-7-5-8(11)14-9(13-7)12-6-3-1-2-4-6/h5-6H,1-4H2,(H3,11,12,13,14). The maximum absolute atomic E-state index is 5.76. The van der Waals surface area contributed by atoms with E-state index in [0.29, 0.717) is 23.0 Å². The number of rotatable bonds is 2. The van der Waals surface area contributed by atoms with Crippen LogP contribution in [0.1, 0.15) is 25.7 Å². The van der Waals surface area contributed by atoms with Crippen LogP contribution < -0.4 is 11.1 Å². The summed E-state index contributed by atoms with van der Waals surface area (Å²) >= 11 is 5.76. The lowest BCUT2D eigenvalue weighted by Crippen LogP contribution is -2.17. The first-order valence-electron chi connectivity index (χ1n) is 4.80.